The van der Waals surface area contributed by atoms with Gasteiger partial charge in [-0.15, -0.1) is 0 Å². The van der Waals surface area contributed by atoms with Gasteiger partial charge in [-0.25, -0.2) is 4.39 Å². The Balaban J connectivity index is 2.18. The summed E-state index contributed by atoms with van der Waals surface area (Å²) in [6.07, 6.45) is 0.00773. The third kappa shape index (κ3) is 2.33. The van der Waals surface area contributed by atoms with Gasteiger partial charge < -0.3 is 10.6 Å². The summed E-state index contributed by atoms with van der Waals surface area (Å²) in [7, 11) is 1.48. The Hall–Kier alpha value is -2.41. The Kier molecular flexibility index (Phi) is 3.58. The number of fused-ring (bicyclic) bond motifs is 1. The van der Waals surface area contributed by atoms with Gasteiger partial charge in [-0.1, -0.05) is 11.6 Å². The van der Waals surface area contributed by atoms with E-state index in [0.717, 1.165) is 0 Å². The van der Waals surface area contributed by atoms with Crippen LogP contribution >= 0.6 is 11.6 Å². The molecule has 0 aliphatic carbocycles. The second kappa shape index (κ2) is 5.42. The van der Waals surface area contributed by atoms with E-state index >= 15 is 0 Å². The third-order valence-corrected chi connectivity index (χ3v) is 3.82. The number of carbonyl (C=O) groups excluding carboxylic acids is 2. The van der Waals surface area contributed by atoms with Gasteiger partial charge in [0.25, 0.3) is 5.91 Å². The lowest BCUT2D eigenvalue weighted by molar-refractivity contribution is -0.116. The van der Waals surface area contributed by atoms with E-state index in [1.165, 1.54) is 25.2 Å². The summed E-state index contributed by atoms with van der Waals surface area (Å²) in [5.41, 5.74) is 0.914. The van der Waals surface area contributed by atoms with Gasteiger partial charge in [0.15, 0.2) is 5.82 Å². The Morgan fingerprint density at radius 2 is 2.27 bits per heavy atom. The number of halogens is 2. The van der Waals surface area contributed by atoms with Crippen LogP contribution < -0.4 is 10.6 Å². The van der Waals surface area contributed by atoms with Gasteiger partial charge in [-0.2, -0.15) is 5.10 Å². The number of anilines is 1. The van der Waals surface area contributed by atoms with Crippen LogP contribution in [0.3, 0.4) is 0 Å². The summed E-state index contributed by atoms with van der Waals surface area (Å²) in [6, 6.07) is 4.13. The van der Waals surface area contributed by atoms with Gasteiger partial charge in [-0.05, 0) is 23.8 Å². The van der Waals surface area contributed by atoms with Crippen molar-refractivity contribution in [3.8, 4) is 0 Å². The SMILES string of the molecule is CNC(=O)c1[nH]nc2c1C(c1cc(Cl)ccc1F)CC(=O)N2. The number of rotatable bonds is 2. The Labute approximate surface area is 130 Å². The smallest absolute Gasteiger partial charge is 0.269 e. The van der Waals surface area contributed by atoms with Gasteiger partial charge in [0.05, 0.1) is 0 Å². The van der Waals surface area contributed by atoms with Gasteiger partial charge in [0.1, 0.15) is 11.5 Å². The van der Waals surface area contributed by atoms with Crippen LogP contribution in [0, 0.1) is 5.82 Å². The van der Waals surface area contributed by atoms with Crippen LogP contribution in [0.5, 0.6) is 0 Å². The highest BCUT2D eigenvalue weighted by Gasteiger charge is 2.34. The van der Waals surface area contributed by atoms with Gasteiger partial charge >= 0.3 is 0 Å². The highest BCUT2D eigenvalue weighted by molar-refractivity contribution is 6.30. The van der Waals surface area contributed by atoms with Crippen LogP contribution in [0.15, 0.2) is 18.2 Å². The van der Waals surface area contributed by atoms with Crippen molar-refractivity contribution in [1.29, 1.82) is 0 Å². The van der Waals surface area contributed by atoms with E-state index in [-0.39, 0.29) is 29.4 Å². The lowest BCUT2D eigenvalue weighted by Crippen LogP contribution is -2.27. The van der Waals surface area contributed by atoms with E-state index in [1.807, 2.05) is 0 Å². The van der Waals surface area contributed by atoms with Crippen LogP contribution in [0.25, 0.3) is 0 Å². The average molecular weight is 323 g/mol. The molecule has 0 bridgehead atoms. The first-order valence-corrected chi connectivity index (χ1v) is 6.94. The molecule has 1 unspecified atom stereocenters. The molecule has 6 nitrogen and oxygen atoms in total. The largest absolute Gasteiger partial charge is 0.354 e. The maximum absolute atomic E-state index is 14.2. The Bertz CT molecular complexity index is 774. The predicted molar refractivity (Wildman–Crippen MR) is 78.5 cm³/mol. The quantitative estimate of drug-likeness (QED) is 0.790. The summed E-state index contributed by atoms with van der Waals surface area (Å²) < 4.78 is 14.2. The number of carbonyl (C=O) groups is 2. The molecule has 22 heavy (non-hydrogen) atoms. The molecule has 2 heterocycles. The second-order valence-electron chi connectivity index (χ2n) is 4.91. The van der Waals surface area contributed by atoms with Crippen molar-refractivity contribution >= 4 is 29.2 Å². The van der Waals surface area contributed by atoms with Crippen molar-refractivity contribution in [3.05, 3.63) is 45.9 Å². The predicted octanol–water partition coefficient (Wildman–Crippen LogP) is 2.04. The summed E-state index contributed by atoms with van der Waals surface area (Å²) in [6.45, 7) is 0. The first-order valence-electron chi connectivity index (χ1n) is 6.56. The fourth-order valence-electron chi connectivity index (χ4n) is 2.60. The molecule has 1 aliphatic rings. The monoisotopic (exact) mass is 322 g/mol. The number of nitrogens with zero attached hydrogens (tertiary/aromatic N) is 1. The molecule has 0 radical (unpaired) electrons. The molecule has 2 amide bonds. The van der Waals surface area contributed by atoms with Gasteiger partial charge in [-0.3, -0.25) is 14.7 Å². The first-order chi connectivity index (χ1) is 10.5. The van der Waals surface area contributed by atoms with E-state index < -0.39 is 17.6 Å². The number of aromatic nitrogens is 2. The molecule has 3 rings (SSSR count). The number of hydrogen-bond donors (Lipinski definition) is 3. The normalized spacial score (nSPS) is 16.9. The van der Waals surface area contributed by atoms with E-state index in [9.17, 15) is 14.0 Å². The number of hydrogen-bond acceptors (Lipinski definition) is 3. The zero-order chi connectivity index (χ0) is 15.9. The van der Waals surface area contributed by atoms with Crippen molar-refractivity contribution in [2.24, 2.45) is 0 Å². The molecule has 1 aromatic carbocycles. The van der Waals surface area contributed by atoms with Crippen molar-refractivity contribution in [1.82, 2.24) is 15.5 Å². The standard InChI is InChI=1S/C14H12ClFN4O2/c1-17-14(22)12-11-8(5-10(21)18-13(11)20-19-12)7-4-6(15)2-3-9(7)16/h2-4,8H,5H2,1H3,(H,17,22)(H2,18,19,20,21). The maximum Gasteiger partial charge on any atom is 0.269 e. The molecule has 114 valence electrons. The van der Waals surface area contributed by atoms with E-state index in [0.29, 0.717) is 10.6 Å². The van der Waals surface area contributed by atoms with Crippen LogP contribution in [0.2, 0.25) is 5.02 Å². The minimum atomic E-state index is -0.631. The molecular weight excluding hydrogens is 311 g/mol. The minimum Gasteiger partial charge on any atom is -0.354 e. The van der Waals surface area contributed by atoms with Crippen molar-refractivity contribution in [2.75, 3.05) is 12.4 Å². The van der Waals surface area contributed by atoms with E-state index in [1.54, 1.807) is 0 Å². The molecule has 0 saturated carbocycles. The molecule has 0 fully saturated rings. The molecule has 0 saturated heterocycles. The molecule has 1 atom stereocenters. The van der Waals surface area contributed by atoms with E-state index in [4.69, 9.17) is 11.6 Å². The van der Waals surface area contributed by atoms with Crippen LogP contribution in [0.1, 0.15) is 34.0 Å². The summed E-state index contributed by atoms with van der Waals surface area (Å²) in [5, 5.41) is 11.9. The number of benzene rings is 1. The topological polar surface area (TPSA) is 86.9 Å². The summed E-state index contributed by atoms with van der Waals surface area (Å²) >= 11 is 5.93. The molecule has 8 heteroatoms. The Morgan fingerprint density at radius 1 is 1.50 bits per heavy atom. The van der Waals surface area contributed by atoms with Crippen molar-refractivity contribution < 1.29 is 14.0 Å². The van der Waals surface area contributed by atoms with Crippen LogP contribution in [-0.4, -0.2) is 29.1 Å². The molecule has 1 aromatic heterocycles. The fraction of sp³-hybridized carbons (Fsp3) is 0.214. The summed E-state index contributed by atoms with van der Waals surface area (Å²) in [4.78, 5) is 23.8. The molecular formula is C14H12ClFN4O2. The number of H-pyrrole nitrogens is 1. The molecule has 0 spiro atoms. The maximum atomic E-state index is 14.2. The molecule has 1 aliphatic heterocycles. The van der Waals surface area contributed by atoms with E-state index in [2.05, 4.69) is 20.8 Å². The summed E-state index contributed by atoms with van der Waals surface area (Å²) in [5.74, 6) is -1.57. The van der Waals surface area contributed by atoms with Crippen LogP contribution in [-0.2, 0) is 4.79 Å². The fourth-order valence-corrected chi connectivity index (χ4v) is 2.78. The highest BCUT2D eigenvalue weighted by atomic mass is 35.5. The lowest BCUT2D eigenvalue weighted by Gasteiger charge is -2.23. The minimum absolute atomic E-state index is 0.00773. The second-order valence-corrected chi connectivity index (χ2v) is 5.35. The zero-order valence-electron chi connectivity index (χ0n) is 11.5. The molecule has 2 aromatic rings. The highest BCUT2D eigenvalue weighted by Crippen LogP contribution is 2.39. The number of amides is 2. The van der Waals surface area contributed by atoms with Crippen molar-refractivity contribution in [3.63, 3.8) is 0 Å². The average Bonchev–Trinajstić information content (AvgIpc) is 2.91. The third-order valence-electron chi connectivity index (χ3n) is 3.59. The van der Waals surface area contributed by atoms with Gasteiger partial charge in [0.2, 0.25) is 5.91 Å². The number of nitrogens with one attached hydrogen (secondary N) is 3. The Morgan fingerprint density at radius 3 is 3.00 bits per heavy atom. The van der Waals surface area contributed by atoms with Gasteiger partial charge in [0, 0.05) is 30.0 Å². The molecule has 3 N–H and O–H groups in total. The zero-order valence-corrected chi connectivity index (χ0v) is 12.3. The van der Waals surface area contributed by atoms with Crippen molar-refractivity contribution in [2.45, 2.75) is 12.3 Å². The van der Waals surface area contributed by atoms with Crippen LogP contribution in [0.4, 0.5) is 10.2 Å². The lowest BCUT2D eigenvalue weighted by atomic mass is 9.85. The number of aromatic amines is 1. The first kappa shape index (κ1) is 14.5.